The second kappa shape index (κ2) is 6.37. The van der Waals surface area contributed by atoms with E-state index >= 15 is 0 Å². The Balaban J connectivity index is 2.03. The zero-order chi connectivity index (χ0) is 14.7. The molecule has 0 unspecified atom stereocenters. The Kier molecular flexibility index (Phi) is 4.77. The highest BCUT2D eigenvalue weighted by Gasteiger charge is 2.07. The highest BCUT2D eigenvalue weighted by molar-refractivity contribution is 9.10. The molecule has 1 heterocycles. The van der Waals surface area contributed by atoms with Crippen molar-refractivity contribution in [2.45, 2.75) is 19.9 Å². The summed E-state index contributed by atoms with van der Waals surface area (Å²) in [5.74, 6) is -1.15. The van der Waals surface area contributed by atoms with E-state index in [9.17, 15) is 9.18 Å². The van der Waals surface area contributed by atoms with E-state index in [1.165, 1.54) is 17.4 Å². The standard InChI is InChI=1S/C14H13BrFNO2S/c1-8-4-11(15)12(16)6-13(8)17-7-10-3-2-9(20-10)5-14(18)19/h2-4,6,17H,5,7H2,1H3,(H,18,19). The van der Waals surface area contributed by atoms with E-state index in [2.05, 4.69) is 21.2 Å². The summed E-state index contributed by atoms with van der Waals surface area (Å²) in [6.07, 6.45) is 0.0383. The predicted octanol–water partition coefficient (Wildman–Crippen LogP) is 4.20. The number of rotatable bonds is 5. The Labute approximate surface area is 128 Å². The molecular formula is C14H13BrFNO2S. The average molecular weight is 358 g/mol. The van der Waals surface area contributed by atoms with Crippen LogP contribution in [-0.2, 0) is 17.8 Å². The smallest absolute Gasteiger partial charge is 0.308 e. The number of carbonyl (C=O) groups is 1. The summed E-state index contributed by atoms with van der Waals surface area (Å²) in [6.45, 7) is 2.45. The van der Waals surface area contributed by atoms with Gasteiger partial charge in [0.1, 0.15) is 5.82 Å². The van der Waals surface area contributed by atoms with Gasteiger partial charge in [0.25, 0.3) is 0 Å². The van der Waals surface area contributed by atoms with E-state index in [1.807, 2.05) is 19.1 Å². The molecule has 0 amide bonds. The fraction of sp³-hybridized carbons (Fsp3) is 0.214. The summed E-state index contributed by atoms with van der Waals surface area (Å²) >= 11 is 4.59. The van der Waals surface area contributed by atoms with Gasteiger partial charge in [-0.25, -0.2) is 4.39 Å². The van der Waals surface area contributed by atoms with Crippen LogP contribution in [0.25, 0.3) is 0 Å². The van der Waals surface area contributed by atoms with E-state index in [0.29, 0.717) is 11.0 Å². The molecule has 0 aliphatic rings. The van der Waals surface area contributed by atoms with Crippen LogP contribution in [-0.4, -0.2) is 11.1 Å². The number of thiophene rings is 1. The average Bonchev–Trinajstić information content (AvgIpc) is 2.79. The Bertz CT molecular complexity index is 642. The summed E-state index contributed by atoms with van der Waals surface area (Å²) < 4.78 is 13.9. The molecule has 3 nitrogen and oxygen atoms in total. The second-order valence-electron chi connectivity index (χ2n) is 4.37. The first-order valence-electron chi connectivity index (χ1n) is 5.94. The quantitative estimate of drug-likeness (QED) is 0.842. The van der Waals surface area contributed by atoms with Gasteiger partial charge in [-0.05, 0) is 52.7 Å². The highest BCUT2D eigenvalue weighted by atomic mass is 79.9. The molecule has 2 N–H and O–H groups in total. The molecular weight excluding hydrogens is 345 g/mol. The van der Waals surface area contributed by atoms with Gasteiger partial charge < -0.3 is 10.4 Å². The topological polar surface area (TPSA) is 49.3 Å². The monoisotopic (exact) mass is 357 g/mol. The lowest BCUT2D eigenvalue weighted by molar-refractivity contribution is -0.136. The van der Waals surface area contributed by atoms with Crippen molar-refractivity contribution in [3.63, 3.8) is 0 Å². The van der Waals surface area contributed by atoms with Crippen LogP contribution in [0.5, 0.6) is 0 Å². The summed E-state index contributed by atoms with van der Waals surface area (Å²) in [7, 11) is 0. The number of aryl methyl sites for hydroxylation is 1. The molecule has 2 aromatic rings. The molecule has 0 aliphatic heterocycles. The van der Waals surface area contributed by atoms with E-state index in [0.717, 1.165) is 21.0 Å². The molecule has 0 spiro atoms. The third kappa shape index (κ3) is 3.80. The number of carboxylic acid groups (broad SMARTS) is 1. The molecule has 106 valence electrons. The summed E-state index contributed by atoms with van der Waals surface area (Å²) in [5, 5.41) is 11.9. The van der Waals surface area contributed by atoms with E-state index in [-0.39, 0.29) is 12.2 Å². The van der Waals surface area contributed by atoms with Gasteiger partial charge in [0.05, 0.1) is 10.9 Å². The Morgan fingerprint density at radius 2 is 2.10 bits per heavy atom. The molecule has 1 aromatic heterocycles. The maximum atomic E-state index is 13.5. The Hall–Kier alpha value is -1.40. The summed E-state index contributed by atoms with van der Waals surface area (Å²) in [6, 6.07) is 6.87. The van der Waals surface area contributed by atoms with Crippen LogP contribution in [0, 0.1) is 12.7 Å². The zero-order valence-electron chi connectivity index (χ0n) is 10.7. The fourth-order valence-corrected chi connectivity index (χ4v) is 3.19. The molecule has 1 aromatic carbocycles. The van der Waals surface area contributed by atoms with Crippen LogP contribution in [0.1, 0.15) is 15.3 Å². The maximum Gasteiger partial charge on any atom is 0.308 e. The number of hydrogen-bond acceptors (Lipinski definition) is 3. The van der Waals surface area contributed by atoms with Gasteiger partial charge in [-0.15, -0.1) is 11.3 Å². The number of nitrogens with one attached hydrogen (secondary N) is 1. The number of carboxylic acids is 1. The van der Waals surface area contributed by atoms with Crippen molar-refractivity contribution in [3.8, 4) is 0 Å². The molecule has 0 fully saturated rings. The van der Waals surface area contributed by atoms with Crippen molar-refractivity contribution in [1.29, 1.82) is 0 Å². The number of aliphatic carboxylic acids is 1. The van der Waals surface area contributed by atoms with E-state index < -0.39 is 5.97 Å². The molecule has 0 aliphatic carbocycles. The van der Waals surface area contributed by atoms with Crippen LogP contribution in [0.3, 0.4) is 0 Å². The number of halogens is 2. The third-order valence-electron chi connectivity index (χ3n) is 2.76. The number of benzene rings is 1. The first kappa shape index (κ1) is 15.0. The number of hydrogen-bond donors (Lipinski definition) is 2. The van der Waals surface area contributed by atoms with Crippen molar-refractivity contribution >= 4 is 38.9 Å². The van der Waals surface area contributed by atoms with Gasteiger partial charge >= 0.3 is 5.97 Å². The second-order valence-corrected chi connectivity index (χ2v) is 6.48. The van der Waals surface area contributed by atoms with Gasteiger partial charge in [0, 0.05) is 22.0 Å². The van der Waals surface area contributed by atoms with Crippen molar-refractivity contribution in [1.82, 2.24) is 0 Å². The van der Waals surface area contributed by atoms with Crippen molar-refractivity contribution in [2.75, 3.05) is 5.32 Å². The van der Waals surface area contributed by atoms with Crippen LogP contribution < -0.4 is 5.32 Å². The minimum absolute atomic E-state index is 0.0383. The highest BCUT2D eigenvalue weighted by Crippen LogP contribution is 2.25. The molecule has 0 bridgehead atoms. The maximum absolute atomic E-state index is 13.5. The molecule has 0 atom stereocenters. The largest absolute Gasteiger partial charge is 0.481 e. The van der Waals surface area contributed by atoms with E-state index in [1.54, 1.807) is 6.07 Å². The molecule has 0 radical (unpaired) electrons. The first-order valence-corrected chi connectivity index (χ1v) is 7.55. The summed E-state index contributed by atoms with van der Waals surface area (Å²) in [5.41, 5.74) is 1.68. The fourth-order valence-electron chi connectivity index (χ4n) is 1.78. The van der Waals surface area contributed by atoms with Gasteiger partial charge in [0.15, 0.2) is 0 Å². The zero-order valence-corrected chi connectivity index (χ0v) is 13.1. The lowest BCUT2D eigenvalue weighted by Gasteiger charge is -2.09. The van der Waals surface area contributed by atoms with Crippen LogP contribution in [0.4, 0.5) is 10.1 Å². The minimum atomic E-state index is -0.836. The molecule has 6 heteroatoms. The van der Waals surface area contributed by atoms with Crippen molar-refractivity contribution in [2.24, 2.45) is 0 Å². The minimum Gasteiger partial charge on any atom is -0.481 e. The van der Waals surface area contributed by atoms with Gasteiger partial charge in [-0.2, -0.15) is 0 Å². The SMILES string of the molecule is Cc1cc(Br)c(F)cc1NCc1ccc(CC(=O)O)s1. The molecule has 2 rings (SSSR count). The van der Waals surface area contributed by atoms with Crippen LogP contribution in [0.2, 0.25) is 0 Å². The number of anilines is 1. The summed E-state index contributed by atoms with van der Waals surface area (Å²) in [4.78, 5) is 12.4. The van der Waals surface area contributed by atoms with Gasteiger partial charge in [-0.1, -0.05) is 0 Å². The van der Waals surface area contributed by atoms with Crippen LogP contribution >= 0.6 is 27.3 Å². The Morgan fingerprint density at radius 1 is 1.40 bits per heavy atom. The molecule has 0 saturated carbocycles. The lowest BCUT2D eigenvalue weighted by Crippen LogP contribution is -2.00. The van der Waals surface area contributed by atoms with Gasteiger partial charge in [0.2, 0.25) is 0 Å². The van der Waals surface area contributed by atoms with Crippen molar-refractivity contribution in [3.05, 3.63) is 49.9 Å². The Morgan fingerprint density at radius 3 is 2.80 bits per heavy atom. The van der Waals surface area contributed by atoms with Crippen molar-refractivity contribution < 1.29 is 14.3 Å². The lowest BCUT2D eigenvalue weighted by atomic mass is 10.2. The van der Waals surface area contributed by atoms with E-state index in [4.69, 9.17) is 5.11 Å². The first-order chi connectivity index (χ1) is 9.45. The normalized spacial score (nSPS) is 10.6. The van der Waals surface area contributed by atoms with Crippen LogP contribution in [0.15, 0.2) is 28.7 Å². The third-order valence-corrected chi connectivity index (χ3v) is 4.46. The predicted molar refractivity (Wildman–Crippen MR) is 81.8 cm³/mol. The molecule has 0 saturated heterocycles. The molecule has 20 heavy (non-hydrogen) atoms. The van der Waals surface area contributed by atoms with Gasteiger partial charge in [-0.3, -0.25) is 4.79 Å².